The minimum atomic E-state index is -0.352. The normalized spacial score (nSPS) is 10.3. The SMILES string of the molecule is O=c1cc(OCCO)ccn1-c1ccc(F)cc1. The van der Waals surface area contributed by atoms with Crippen LogP contribution in [0.3, 0.4) is 0 Å². The van der Waals surface area contributed by atoms with Crippen LogP contribution in [0.4, 0.5) is 4.39 Å². The molecule has 2 rings (SSSR count). The van der Waals surface area contributed by atoms with E-state index in [-0.39, 0.29) is 24.6 Å². The maximum atomic E-state index is 12.8. The van der Waals surface area contributed by atoms with Crippen molar-refractivity contribution >= 4 is 0 Å². The summed E-state index contributed by atoms with van der Waals surface area (Å²) in [7, 11) is 0. The Kier molecular flexibility index (Phi) is 3.74. The highest BCUT2D eigenvalue weighted by molar-refractivity contribution is 5.33. The summed E-state index contributed by atoms with van der Waals surface area (Å²) in [5, 5.41) is 8.61. The van der Waals surface area contributed by atoms with Gasteiger partial charge < -0.3 is 9.84 Å². The Morgan fingerprint density at radius 3 is 2.56 bits per heavy atom. The fourth-order valence-electron chi connectivity index (χ4n) is 1.53. The molecule has 0 unspecified atom stereocenters. The maximum absolute atomic E-state index is 12.8. The molecule has 18 heavy (non-hydrogen) atoms. The van der Waals surface area contributed by atoms with Gasteiger partial charge in [-0.2, -0.15) is 0 Å². The third kappa shape index (κ3) is 2.75. The van der Waals surface area contributed by atoms with Gasteiger partial charge in [-0.15, -0.1) is 0 Å². The molecule has 1 heterocycles. The van der Waals surface area contributed by atoms with Gasteiger partial charge in [-0.1, -0.05) is 0 Å². The minimum Gasteiger partial charge on any atom is -0.491 e. The Bertz CT molecular complexity index is 578. The van der Waals surface area contributed by atoms with E-state index in [1.54, 1.807) is 12.3 Å². The van der Waals surface area contributed by atoms with Crippen molar-refractivity contribution in [3.05, 3.63) is 58.8 Å². The first-order chi connectivity index (χ1) is 8.70. The van der Waals surface area contributed by atoms with Crippen LogP contribution in [0.5, 0.6) is 5.75 Å². The van der Waals surface area contributed by atoms with Gasteiger partial charge in [-0.05, 0) is 30.3 Å². The van der Waals surface area contributed by atoms with E-state index in [9.17, 15) is 9.18 Å². The quantitative estimate of drug-likeness (QED) is 0.889. The van der Waals surface area contributed by atoms with Gasteiger partial charge in [-0.25, -0.2) is 4.39 Å². The summed E-state index contributed by atoms with van der Waals surface area (Å²) >= 11 is 0. The minimum absolute atomic E-state index is 0.110. The van der Waals surface area contributed by atoms with E-state index in [2.05, 4.69) is 0 Å². The van der Waals surface area contributed by atoms with Crippen LogP contribution < -0.4 is 10.3 Å². The summed E-state index contributed by atoms with van der Waals surface area (Å²) in [4.78, 5) is 11.8. The van der Waals surface area contributed by atoms with Gasteiger partial charge >= 0.3 is 0 Å². The molecule has 0 radical (unpaired) electrons. The first kappa shape index (κ1) is 12.3. The molecule has 0 aliphatic carbocycles. The fourth-order valence-corrected chi connectivity index (χ4v) is 1.53. The molecule has 0 amide bonds. The number of aromatic nitrogens is 1. The third-order valence-corrected chi connectivity index (χ3v) is 2.36. The number of aliphatic hydroxyl groups is 1. The predicted octanol–water partition coefficient (Wildman–Crippen LogP) is 1.35. The summed E-state index contributed by atoms with van der Waals surface area (Å²) in [6.45, 7) is 0.0288. The van der Waals surface area contributed by atoms with E-state index in [1.165, 1.54) is 34.9 Å². The lowest BCUT2D eigenvalue weighted by molar-refractivity contribution is 0.201. The smallest absolute Gasteiger partial charge is 0.258 e. The van der Waals surface area contributed by atoms with Crippen LogP contribution in [0.1, 0.15) is 0 Å². The zero-order valence-electron chi connectivity index (χ0n) is 9.54. The van der Waals surface area contributed by atoms with Crippen LogP contribution in [0, 0.1) is 5.82 Å². The highest BCUT2D eigenvalue weighted by atomic mass is 19.1. The molecule has 0 aliphatic rings. The van der Waals surface area contributed by atoms with Crippen LogP contribution in [0.15, 0.2) is 47.4 Å². The number of rotatable bonds is 4. The largest absolute Gasteiger partial charge is 0.491 e. The number of hydrogen-bond donors (Lipinski definition) is 1. The monoisotopic (exact) mass is 249 g/mol. The van der Waals surface area contributed by atoms with Crippen molar-refractivity contribution in [2.45, 2.75) is 0 Å². The Morgan fingerprint density at radius 2 is 1.94 bits per heavy atom. The zero-order chi connectivity index (χ0) is 13.0. The second-order valence-corrected chi connectivity index (χ2v) is 3.62. The van der Waals surface area contributed by atoms with Crippen molar-refractivity contribution in [1.82, 2.24) is 4.57 Å². The summed E-state index contributed by atoms with van der Waals surface area (Å²) in [6, 6.07) is 8.55. The van der Waals surface area contributed by atoms with Crippen molar-refractivity contribution in [2.24, 2.45) is 0 Å². The van der Waals surface area contributed by atoms with E-state index >= 15 is 0 Å². The molecule has 0 saturated heterocycles. The summed E-state index contributed by atoms with van der Waals surface area (Å²) < 4.78 is 19.3. The van der Waals surface area contributed by atoms with E-state index in [0.29, 0.717) is 11.4 Å². The first-order valence-corrected chi connectivity index (χ1v) is 5.43. The van der Waals surface area contributed by atoms with E-state index < -0.39 is 0 Å². The second-order valence-electron chi connectivity index (χ2n) is 3.62. The van der Waals surface area contributed by atoms with Crippen LogP contribution >= 0.6 is 0 Å². The lowest BCUT2D eigenvalue weighted by Crippen LogP contribution is -2.17. The standard InChI is InChI=1S/C13H12FNO3/c14-10-1-3-11(4-2-10)15-6-5-12(9-13(15)17)18-8-7-16/h1-6,9,16H,7-8H2. The summed E-state index contributed by atoms with van der Waals surface area (Å²) in [6.07, 6.45) is 1.54. The van der Waals surface area contributed by atoms with Gasteiger partial charge in [0, 0.05) is 18.0 Å². The molecule has 1 aromatic carbocycles. The molecule has 1 aromatic heterocycles. The molecule has 0 aliphatic heterocycles. The van der Waals surface area contributed by atoms with Gasteiger partial charge in [0.25, 0.3) is 5.56 Å². The number of benzene rings is 1. The van der Waals surface area contributed by atoms with Crippen LogP contribution in [0.2, 0.25) is 0 Å². The topological polar surface area (TPSA) is 51.5 Å². The molecular formula is C13H12FNO3. The maximum Gasteiger partial charge on any atom is 0.258 e. The Morgan fingerprint density at radius 1 is 1.22 bits per heavy atom. The average Bonchev–Trinajstić information content (AvgIpc) is 2.38. The fraction of sp³-hybridized carbons (Fsp3) is 0.154. The molecule has 2 aromatic rings. The molecule has 94 valence electrons. The number of nitrogens with zero attached hydrogens (tertiary/aromatic N) is 1. The number of halogens is 1. The highest BCUT2D eigenvalue weighted by Gasteiger charge is 2.02. The zero-order valence-corrected chi connectivity index (χ0v) is 9.54. The number of pyridine rings is 1. The Hall–Kier alpha value is -2.14. The molecule has 0 saturated carbocycles. The number of ether oxygens (including phenoxy) is 1. The third-order valence-electron chi connectivity index (χ3n) is 2.36. The van der Waals surface area contributed by atoms with Crippen molar-refractivity contribution < 1.29 is 14.2 Å². The lowest BCUT2D eigenvalue weighted by atomic mass is 10.3. The molecule has 1 N–H and O–H groups in total. The van der Waals surface area contributed by atoms with Crippen LogP contribution in [-0.4, -0.2) is 22.9 Å². The molecule has 0 bridgehead atoms. The molecule has 4 nitrogen and oxygen atoms in total. The molecule has 5 heteroatoms. The van der Waals surface area contributed by atoms with Gasteiger partial charge in [0.15, 0.2) is 0 Å². The van der Waals surface area contributed by atoms with E-state index in [4.69, 9.17) is 9.84 Å². The average molecular weight is 249 g/mol. The number of hydrogen-bond acceptors (Lipinski definition) is 3. The Balaban J connectivity index is 2.30. The predicted molar refractivity (Wildman–Crippen MR) is 64.6 cm³/mol. The van der Waals surface area contributed by atoms with Gasteiger partial charge in [0.2, 0.25) is 0 Å². The van der Waals surface area contributed by atoms with Crippen molar-refractivity contribution in [2.75, 3.05) is 13.2 Å². The van der Waals surface area contributed by atoms with Gasteiger partial charge in [0.05, 0.1) is 6.61 Å². The first-order valence-electron chi connectivity index (χ1n) is 5.43. The van der Waals surface area contributed by atoms with Crippen molar-refractivity contribution in [1.29, 1.82) is 0 Å². The van der Waals surface area contributed by atoms with Crippen LogP contribution in [0.25, 0.3) is 5.69 Å². The highest BCUT2D eigenvalue weighted by Crippen LogP contribution is 2.10. The van der Waals surface area contributed by atoms with E-state index in [0.717, 1.165) is 0 Å². The summed E-state index contributed by atoms with van der Waals surface area (Å²) in [5.41, 5.74) is 0.298. The molecule has 0 fully saturated rings. The Labute approximate surface area is 103 Å². The van der Waals surface area contributed by atoms with Gasteiger partial charge in [0.1, 0.15) is 18.2 Å². The van der Waals surface area contributed by atoms with Crippen molar-refractivity contribution in [3.63, 3.8) is 0 Å². The molecule has 0 atom stereocenters. The lowest BCUT2D eigenvalue weighted by Gasteiger charge is -2.07. The molecular weight excluding hydrogens is 237 g/mol. The second kappa shape index (κ2) is 5.46. The van der Waals surface area contributed by atoms with Crippen molar-refractivity contribution in [3.8, 4) is 11.4 Å². The summed E-state index contributed by atoms with van der Waals surface area (Å²) in [5.74, 6) is 0.0436. The number of aliphatic hydroxyl groups excluding tert-OH is 1. The molecule has 0 spiro atoms. The van der Waals surface area contributed by atoms with E-state index in [1.807, 2.05) is 0 Å². The van der Waals surface area contributed by atoms with Gasteiger partial charge in [-0.3, -0.25) is 9.36 Å². The van der Waals surface area contributed by atoms with Crippen LogP contribution in [-0.2, 0) is 0 Å².